The molecule has 3 unspecified atom stereocenters. The van der Waals surface area contributed by atoms with Crippen LogP contribution in [-0.2, 0) is 18.9 Å². The molecule has 2 spiro atoms. The summed E-state index contributed by atoms with van der Waals surface area (Å²) in [6.45, 7) is 14.0. The van der Waals surface area contributed by atoms with Crippen molar-refractivity contribution in [1.29, 1.82) is 0 Å². The van der Waals surface area contributed by atoms with Gasteiger partial charge in [0.1, 0.15) is 0 Å². The summed E-state index contributed by atoms with van der Waals surface area (Å²) in [5.74, 6) is -1.33. The number of ether oxygens (including phenoxy) is 1. The number of benzene rings is 2. The third-order valence-electron chi connectivity index (χ3n) is 8.85. The van der Waals surface area contributed by atoms with Crippen LogP contribution in [0, 0.1) is 11.3 Å². The van der Waals surface area contributed by atoms with Crippen LogP contribution in [-0.4, -0.2) is 26.0 Å². The van der Waals surface area contributed by atoms with E-state index in [4.69, 9.17) is 18.9 Å². The zero-order valence-electron chi connectivity index (χ0n) is 23.7. The van der Waals surface area contributed by atoms with E-state index in [2.05, 4.69) is 102 Å². The number of rotatable bonds is 4. The van der Waals surface area contributed by atoms with Gasteiger partial charge in [-0.15, -0.1) is 0 Å². The maximum absolute atomic E-state index is 7.74. The number of hydrogen-bond donors (Lipinski definition) is 0. The van der Waals surface area contributed by atoms with Gasteiger partial charge in [-0.1, -0.05) is 109 Å². The highest BCUT2D eigenvalue weighted by atomic mass is 28.4. The van der Waals surface area contributed by atoms with E-state index in [0.29, 0.717) is 0 Å². The Bertz CT molecular complexity index is 996. The first-order valence-electron chi connectivity index (χ1n) is 14.4. The maximum Gasteiger partial charge on any atom is 0.261 e. The molecule has 1 heterocycles. The van der Waals surface area contributed by atoms with Crippen LogP contribution < -0.4 is 10.4 Å². The first-order valence-corrected chi connectivity index (χ1v) is 16.3. The Morgan fingerprint density at radius 1 is 0.730 bits per heavy atom. The van der Waals surface area contributed by atoms with Crippen molar-refractivity contribution in [2.45, 2.75) is 116 Å². The third kappa shape index (κ3) is 4.87. The molecule has 2 saturated carbocycles. The fourth-order valence-electron chi connectivity index (χ4n) is 7.40. The van der Waals surface area contributed by atoms with Crippen molar-refractivity contribution in [2.24, 2.45) is 11.3 Å². The molecule has 202 valence electrons. The molecule has 5 heteroatoms. The number of hydrogen-bond acceptors (Lipinski definition) is 4. The first kappa shape index (κ1) is 27.1. The molecule has 0 bridgehead atoms. The molecular formula is C32H46O4Si. The van der Waals surface area contributed by atoms with Crippen molar-refractivity contribution in [3.63, 3.8) is 0 Å². The normalized spacial score (nSPS) is 28.6. The van der Waals surface area contributed by atoms with Crippen LogP contribution in [0.15, 0.2) is 60.7 Å². The van der Waals surface area contributed by atoms with E-state index in [-0.39, 0.29) is 22.5 Å². The molecule has 3 aliphatic rings. The largest absolute Gasteiger partial charge is 0.404 e. The summed E-state index contributed by atoms with van der Waals surface area (Å²) in [4.78, 5) is 12.5. The van der Waals surface area contributed by atoms with E-state index in [9.17, 15) is 0 Å². The van der Waals surface area contributed by atoms with Crippen LogP contribution in [0.5, 0.6) is 0 Å². The maximum atomic E-state index is 7.74. The van der Waals surface area contributed by atoms with Gasteiger partial charge in [0.2, 0.25) is 11.6 Å². The fraction of sp³-hybridized carbons (Fsp3) is 0.625. The van der Waals surface area contributed by atoms with Crippen molar-refractivity contribution in [3.05, 3.63) is 60.7 Å². The van der Waals surface area contributed by atoms with Crippen LogP contribution in [0.25, 0.3) is 0 Å². The molecule has 3 fully saturated rings. The minimum atomic E-state index is -2.72. The molecule has 2 aliphatic carbocycles. The van der Waals surface area contributed by atoms with E-state index < -0.39 is 19.9 Å². The van der Waals surface area contributed by atoms with Crippen LogP contribution in [0.3, 0.4) is 0 Å². The smallest absolute Gasteiger partial charge is 0.261 e. The summed E-state index contributed by atoms with van der Waals surface area (Å²) in [6, 6.07) is 21.9. The Labute approximate surface area is 225 Å². The highest BCUT2D eigenvalue weighted by molar-refractivity contribution is 6.99. The summed E-state index contributed by atoms with van der Waals surface area (Å²) in [7, 11) is -2.72. The quantitative estimate of drug-likeness (QED) is 0.317. The van der Waals surface area contributed by atoms with Gasteiger partial charge in [-0.3, -0.25) is 0 Å². The molecule has 5 rings (SSSR count). The van der Waals surface area contributed by atoms with Crippen molar-refractivity contribution in [1.82, 2.24) is 0 Å². The molecular weight excluding hydrogens is 476 g/mol. The van der Waals surface area contributed by atoms with E-state index in [1.165, 1.54) is 16.8 Å². The predicted octanol–water partition coefficient (Wildman–Crippen LogP) is 7.11. The second-order valence-electron chi connectivity index (χ2n) is 13.6. The summed E-state index contributed by atoms with van der Waals surface area (Å²) < 4.78 is 14.7. The lowest BCUT2D eigenvalue weighted by molar-refractivity contribution is -0.376. The molecule has 1 aliphatic heterocycles. The Morgan fingerprint density at radius 3 is 1.81 bits per heavy atom. The Balaban J connectivity index is 1.60. The minimum Gasteiger partial charge on any atom is -0.404 e. The molecule has 2 aromatic rings. The molecule has 0 aromatic heterocycles. The van der Waals surface area contributed by atoms with Gasteiger partial charge in [-0.2, -0.15) is 9.78 Å². The van der Waals surface area contributed by atoms with Gasteiger partial charge in [-0.25, -0.2) is 0 Å². The van der Waals surface area contributed by atoms with Gasteiger partial charge in [0.05, 0.1) is 6.10 Å². The van der Waals surface area contributed by atoms with Crippen LogP contribution >= 0.6 is 0 Å². The third-order valence-corrected chi connectivity index (χ3v) is 13.9. The molecule has 3 atom stereocenters. The lowest BCUT2D eigenvalue weighted by Crippen LogP contribution is -2.70. The van der Waals surface area contributed by atoms with Crippen molar-refractivity contribution in [2.75, 3.05) is 0 Å². The van der Waals surface area contributed by atoms with Gasteiger partial charge in [0.25, 0.3) is 8.32 Å². The van der Waals surface area contributed by atoms with Gasteiger partial charge >= 0.3 is 0 Å². The summed E-state index contributed by atoms with van der Waals surface area (Å²) in [5.41, 5.74) is -0.0972. The van der Waals surface area contributed by atoms with Crippen molar-refractivity contribution in [3.8, 4) is 0 Å². The lowest BCUT2D eigenvalue weighted by Gasteiger charge is -2.53. The molecule has 4 nitrogen and oxygen atoms in total. The predicted molar refractivity (Wildman–Crippen MR) is 151 cm³/mol. The molecule has 2 aromatic carbocycles. The zero-order chi connectivity index (χ0) is 26.4. The highest BCUT2D eigenvalue weighted by Gasteiger charge is 2.64. The van der Waals surface area contributed by atoms with Gasteiger partial charge in [-0.05, 0) is 46.5 Å². The topological polar surface area (TPSA) is 36.9 Å². The van der Waals surface area contributed by atoms with Crippen molar-refractivity contribution >= 4 is 18.7 Å². The van der Waals surface area contributed by atoms with Crippen LogP contribution in [0.2, 0.25) is 5.04 Å². The lowest BCUT2D eigenvalue weighted by atomic mass is 9.67. The van der Waals surface area contributed by atoms with Gasteiger partial charge in [0, 0.05) is 25.2 Å². The highest BCUT2D eigenvalue weighted by Crippen LogP contribution is 2.56. The fourth-order valence-corrected chi connectivity index (χ4v) is 12.1. The summed E-state index contributed by atoms with van der Waals surface area (Å²) in [5, 5.41) is 2.55. The second kappa shape index (κ2) is 9.91. The Morgan fingerprint density at radius 2 is 1.30 bits per heavy atom. The molecule has 0 amide bonds. The zero-order valence-corrected chi connectivity index (χ0v) is 24.7. The van der Waals surface area contributed by atoms with Crippen molar-refractivity contribution < 1.29 is 18.9 Å². The van der Waals surface area contributed by atoms with Gasteiger partial charge < -0.3 is 9.16 Å². The molecule has 37 heavy (non-hydrogen) atoms. The van der Waals surface area contributed by atoms with E-state index in [1.807, 2.05) is 0 Å². The molecule has 0 N–H and O–H groups in total. The van der Waals surface area contributed by atoms with Crippen LogP contribution in [0.4, 0.5) is 0 Å². The van der Waals surface area contributed by atoms with E-state index in [1.54, 1.807) is 0 Å². The Hall–Kier alpha value is -1.50. The summed E-state index contributed by atoms with van der Waals surface area (Å²) in [6.07, 6.45) is 8.13. The SMILES string of the molecule is CC(C)(C)C1C(O[Si](c2ccccc2)(c2ccccc2)C(C)(C)C)CCCC12OOC1(CCCCC1)O2. The first-order chi connectivity index (χ1) is 17.5. The summed E-state index contributed by atoms with van der Waals surface area (Å²) >= 11 is 0. The minimum absolute atomic E-state index is 0.0117. The van der Waals surface area contributed by atoms with Gasteiger partial charge in [0.15, 0.2) is 0 Å². The van der Waals surface area contributed by atoms with E-state index >= 15 is 0 Å². The van der Waals surface area contributed by atoms with E-state index in [0.717, 1.165) is 44.9 Å². The molecule has 1 saturated heterocycles. The van der Waals surface area contributed by atoms with Crippen LogP contribution in [0.1, 0.15) is 92.9 Å². The second-order valence-corrected chi connectivity index (χ2v) is 17.9. The average molecular weight is 523 g/mol. The average Bonchev–Trinajstić information content (AvgIpc) is 3.19. The Kier molecular flexibility index (Phi) is 7.25. The standard InChI is InChI=1S/C32H46O4Si/c1-29(2,3)28-27(21-16-24-32(28)34-31(35-36-32)22-14-9-15-23-31)33-37(30(4,5)6,25-17-10-7-11-18-25)26-19-12-8-13-20-26/h7-8,10-13,17-20,27-28H,9,14-16,21-24H2,1-6H3. The monoisotopic (exact) mass is 522 g/mol. The molecule has 0 radical (unpaired) electrons.